The first-order chi connectivity index (χ1) is 6.58. The summed E-state index contributed by atoms with van der Waals surface area (Å²) >= 11 is 0. The monoisotopic (exact) mass is 241 g/mol. The first-order valence-electron chi connectivity index (χ1n) is 4.67. The fourth-order valence-electron chi connectivity index (χ4n) is 2.43. The van der Waals surface area contributed by atoms with E-state index in [-0.39, 0.29) is 12.2 Å². The molecule has 4 nitrogen and oxygen atoms in total. The van der Waals surface area contributed by atoms with Gasteiger partial charge in [0.05, 0.1) is 22.6 Å². The number of nitrogens with two attached hydrogens (primary N) is 1. The molecule has 2 aliphatic rings. The minimum Gasteiger partial charge on any atom is -0.387 e. The summed E-state index contributed by atoms with van der Waals surface area (Å²) in [4.78, 5) is 0. The highest BCUT2D eigenvalue weighted by atomic mass is 32.2. The van der Waals surface area contributed by atoms with Gasteiger partial charge in [0.15, 0.2) is 9.84 Å². The number of aliphatic hydroxyl groups is 1. The predicted molar refractivity (Wildman–Crippen MR) is 49.3 cm³/mol. The van der Waals surface area contributed by atoms with Crippen molar-refractivity contribution in [3.05, 3.63) is 0 Å². The smallest absolute Gasteiger partial charge is 0.251 e. The standard InChI is InChI=1S/C8H13F2NO3S/c9-8(10)3-6(11,4-8)7(12)1-2-15(13,14)5-7/h12H,1-5,11H2. The van der Waals surface area contributed by atoms with Gasteiger partial charge in [0, 0.05) is 12.8 Å². The van der Waals surface area contributed by atoms with Crippen molar-refractivity contribution in [3.8, 4) is 0 Å². The molecule has 0 radical (unpaired) electrons. The third-order valence-electron chi connectivity index (χ3n) is 3.36. The lowest BCUT2D eigenvalue weighted by atomic mass is 9.63. The minimum atomic E-state index is -3.33. The molecule has 88 valence electrons. The van der Waals surface area contributed by atoms with Crippen molar-refractivity contribution in [1.82, 2.24) is 0 Å². The summed E-state index contributed by atoms with van der Waals surface area (Å²) in [6, 6.07) is 0. The van der Waals surface area contributed by atoms with Crippen molar-refractivity contribution in [1.29, 1.82) is 0 Å². The summed E-state index contributed by atoms with van der Waals surface area (Å²) in [6.45, 7) is 0. The van der Waals surface area contributed by atoms with Gasteiger partial charge in [0.25, 0.3) is 5.92 Å². The summed E-state index contributed by atoms with van der Waals surface area (Å²) < 4.78 is 47.8. The van der Waals surface area contributed by atoms with Gasteiger partial charge in [-0.05, 0) is 6.42 Å². The van der Waals surface area contributed by atoms with Crippen LogP contribution < -0.4 is 5.73 Å². The highest BCUT2D eigenvalue weighted by Gasteiger charge is 2.66. The van der Waals surface area contributed by atoms with E-state index in [1.807, 2.05) is 0 Å². The Morgan fingerprint density at radius 1 is 1.27 bits per heavy atom. The third-order valence-corrected chi connectivity index (χ3v) is 5.10. The molecule has 1 saturated heterocycles. The maximum atomic E-state index is 12.7. The Hall–Kier alpha value is -0.270. The zero-order valence-electron chi connectivity index (χ0n) is 8.04. The molecular weight excluding hydrogens is 228 g/mol. The molecule has 0 aromatic rings. The molecule has 7 heteroatoms. The van der Waals surface area contributed by atoms with Crippen molar-refractivity contribution in [2.75, 3.05) is 11.5 Å². The van der Waals surface area contributed by atoms with E-state index in [4.69, 9.17) is 5.73 Å². The highest BCUT2D eigenvalue weighted by Crippen LogP contribution is 2.52. The second kappa shape index (κ2) is 2.70. The number of rotatable bonds is 1. The van der Waals surface area contributed by atoms with Gasteiger partial charge in [-0.2, -0.15) is 0 Å². The van der Waals surface area contributed by atoms with Crippen LogP contribution in [0.15, 0.2) is 0 Å². The first-order valence-corrected chi connectivity index (χ1v) is 6.49. The fraction of sp³-hybridized carbons (Fsp3) is 1.00. The van der Waals surface area contributed by atoms with Crippen LogP contribution in [-0.2, 0) is 9.84 Å². The summed E-state index contributed by atoms with van der Waals surface area (Å²) in [6.07, 6.45) is -1.31. The van der Waals surface area contributed by atoms with Gasteiger partial charge in [-0.15, -0.1) is 0 Å². The Morgan fingerprint density at radius 3 is 2.13 bits per heavy atom. The second-order valence-corrected chi connectivity index (χ2v) is 6.92. The Labute approximate surface area is 86.4 Å². The molecule has 1 aliphatic carbocycles. The van der Waals surface area contributed by atoms with Crippen molar-refractivity contribution < 1.29 is 22.3 Å². The summed E-state index contributed by atoms with van der Waals surface area (Å²) in [5.74, 6) is -3.53. The van der Waals surface area contributed by atoms with E-state index in [1.165, 1.54) is 0 Å². The molecule has 0 aromatic heterocycles. The van der Waals surface area contributed by atoms with Crippen LogP contribution in [-0.4, -0.2) is 42.1 Å². The Balaban J connectivity index is 2.19. The van der Waals surface area contributed by atoms with E-state index in [2.05, 4.69) is 0 Å². The molecule has 15 heavy (non-hydrogen) atoms. The Kier molecular flexibility index (Phi) is 2.02. The topological polar surface area (TPSA) is 80.4 Å². The second-order valence-electron chi connectivity index (χ2n) is 4.74. The van der Waals surface area contributed by atoms with E-state index >= 15 is 0 Å². The zero-order chi connectivity index (χ0) is 11.5. The summed E-state index contributed by atoms with van der Waals surface area (Å²) in [5.41, 5.74) is 2.53. The fourth-order valence-corrected chi connectivity index (χ4v) is 4.38. The number of hydrogen-bond donors (Lipinski definition) is 2. The molecule has 3 N–H and O–H groups in total. The molecule has 1 atom stereocenters. The molecule has 0 spiro atoms. The number of halogens is 2. The normalized spacial score (nSPS) is 41.1. The Morgan fingerprint density at radius 2 is 1.80 bits per heavy atom. The SMILES string of the molecule is NC1(C2(O)CCS(=O)(=O)C2)CC(F)(F)C1. The van der Waals surface area contributed by atoms with Gasteiger partial charge in [-0.1, -0.05) is 0 Å². The molecular formula is C8H13F2NO3S. The largest absolute Gasteiger partial charge is 0.387 e. The summed E-state index contributed by atoms with van der Waals surface area (Å²) in [7, 11) is -3.33. The van der Waals surface area contributed by atoms with E-state index in [9.17, 15) is 22.3 Å². The number of sulfone groups is 1. The predicted octanol–water partition coefficient (Wildman–Crippen LogP) is -0.337. The van der Waals surface area contributed by atoms with E-state index in [1.54, 1.807) is 0 Å². The molecule has 1 heterocycles. The Bertz CT molecular complexity index is 387. The number of hydrogen-bond acceptors (Lipinski definition) is 4. The van der Waals surface area contributed by atoms with Crippen LogP contribution >= 0.6 is 0 Å². The number of alkyl halides is 2. The highest BCUT2D eigenvalue weighted by molar-refractivity contribution is 7.91. The molecule has 1 aliphatic heterocycles. The van der Waals surface area contributed by atoms with Crippen LogP contribution in [0.4, 0.5) is 8.78 Å². The molecule has 0 bridgehead atoms. The van der Waals surface area contributed by atoms with Crippen LogP contribution in [0, 0.1) is 0 Å². The molecule has 2 rings (SSSR count). The van der Waals surface area contributed by atoms with Crippen molar-refractivity contribution >= 4 is 9.84 Å². The first kappa shape index (κ1) is 11.2. The molecule has 0 amide bonds. The van der Waals surface area contributed by atoms with E-state index < -0.39 is 45.5 Å². The minimum absolute atomic E-state index is 0.0398. The van der Waals surface area contributed by atoms with Crippen LogP contribution in [0.1, 0.15) is 19.3 Å². The maximum Gasteiger partial charge on any atom is 0.251 e. The lowest BCUT2D eigenvalue weighted by Gasteiger charge is -2.52. The van der Waals surface area contributed by atoms with Crippen LogP contribution in [0.2, 0.25) is 0 Å². The van der Waals surface area contributed by atoms with Gasteiger partial charge in [0.2, 0.25) is 0 Å². The van der Waals surface area contributed by atoms with Crippen LogP contribution in [0.25, 0.3) is 0 Å². The van der Waals surface area contributed by atoms with Gasteiger partial charge in [-0.25, -0.2) is 17.2 Å². The molecule has 1 unspecified atom stereocenters. The van der Waals surface area contributed by atoms with Crippen LogP contribution in [0.5, 0.6) is 0 Å². The van der Waals surface area contributed by atoms with Crippen molar-refractivity contribution in [2.24, 2.45) is 5.73 Å². The average Bonchev–Trinajstić information content (AvgIpc) is 2.22. The quantitative estimate of drug-likeness (QED) is 0.658. The lowest BCUT2D eigenvalue weighted by molar-refractivity contribution is -0.182. The van der Waals surface area contributed by atoms with Gasteiger partial charge in [-0.3, -0.25) is 0 Å². The maximum absolute atomic E-state index is 12.7. The lowest BCUT2D eigenvalue weighted by Crippen LogP contribution is -2.71. The average molecular weight is 241 g/mol. The van der Waals surface area contributed by atoms with Crippen LogP contribution in [0.3, 0.4) is 0 Å². The summed E-state index contributed by atoms with van der Waals surface area (Å²) in [5, 5.41) is 10.0. The van der Waals surface area contributed by atoms with Gasteiger partial charge in [0.1, 0.15) is 0 Å². The van der Waals surface area contributed by atoms with E-state index in [0.717, 1.165) is 0 Å². The van der Waals surface area contributed by atoms with Gasteiger partial charge < -0.3 is 10.8 Å². The molecule has 1 saturated carbocycles. The molecule has 2 fully saturated rings. The zero-order valence-corrected chi connectivity index (χ0v) is 8.86. The van der Waals surface area contributed by atoms with E-state index in [0.29, 0.717) is 0 Å². The molecule has 0 aromatic carbocycles. The third kappa shape index (κ3) is 1.66. The van der Waals surface area contributed by atoms with Crippen molar-refractivity contribution in [2.45, 2.75) is 36.3 Å². The van der Waals surface area contributed by atoms with Gasteiger partial charge >= 0.3 is 0 Å². The van der Waals surface area contributed by atoms with Crippen molar-refractivity contribution in [3.63, 3.8) is 0 Å².